The van der Waals surface area contributed by atoms with Crippen molar-refractivity contribution in [1.82, 2.24) is 14.9 Å². The third-order valence-corrected chi connectivity index (χ3v) is 6.36. The van der Waals surface area contributed by atoms with Gasteiger partial charge in [-0.25, -0.2) is 4.98 Å². The van der Waals surface area contributed by atoms with Gasteiger partial charge in [0.25, 0.3) is 0 Å². The van der Waals surface area contributed by atoms with Crippen LogP contribution in [0.5, 0.6) is 0 Å². The van der Waals surface area contributed by atoms with E-state index in [0.29, 0.717) is 24.3 Å². The van der Waals surface area contributed by atoms with Crippen molar-refractivity contribution in [2.75, 3.05) is 25.0 Å². The predicted molar refractivity (Wildman–Crippen MR) is 95.0 cm³/mol. The van der Waals surface area contributed by atoms with Crippen molar-refractivity contribution in [2.24, 2.45) is 11.8 Å². The van der Waals surface area contributed by atoms with Gasteiger partial charge >= 0.3 is 0 Å². The summed E-state index contributed by atoms with van der Waals surface area (Å²) in [6, 6.07) is 4.51. The second-order valence-electron chi connectivity index (χ2n) is 6.80. The van der Waals surface area contributed by atoms with Crippen LogP contribution in [0.25, 0.3) is 0 Å². The summed E-state index contributed by atoms with van der Waals surface area (Å²) in [6.07, 6.45) is 8.18. The van der Waals surface area contributed by atoms with Gasteiger partial charge in [0.1, 0.15) is 5.82 Å². The number of carbonyl (C=O) groups excluding carboxylic acids is 1. The molecule has 6 heteroatoms. The Labute approximate surface area is 146 Å². The molecule has 3 heterocycles. The van der Waals surface area contributed by atoms with Crippen molar-refractivity contribution in [3.63, 3.8) is 0 Å². The Balaban J connectivity index is 1.42. The molecule has 1 aliphatic heterocycles. The highest BCUT2D eigenvalue weighted by Gasteiger charge is 2.45. The monoisotopic (exact) mass is 342 g/mol. The van der Waals surface area contributed by atoms with Crippen LogP contribution in [0, 0.1) is 11.8 Å². The van der Waals surface area contributed by atoms with Gasteiger partial charge in [-0.2, -0.15) is 0 Å². The lowest BCUT2D eigenvalue weighted by Gasteiger charge is -2.30. The van der Waals surface area contributed by atoms with Gasteiger partial charge < -0.3 is 9.80 Å². The Kier molecular flexibility index (Phi) is 4.22. The third-order valence-electron chi connectivity index (χ3n) is 5.49. The number of carbonyl (C=O) groups is 1. The van der Waals surface area contributed by atoms with E-state index in [1.807, 2.05) is 23.7 Å². The summed E-state index contributed by atoms with van der Waals surface area (Å²) in [6.45, 7) is 1.80. The molecule has 0 radical (unpaired) electrons. The molecular weight excluding hydrogens is 320 g/mol. The summed E-state index contributed by atoms with van der Waals surface area (Å²) in [7, 11) is 2.10. The standard InChI is InChI=1S/C18H22N4OS/c1-21(17-10-19-6-7-20-17)16-5-4-13-11-22(12-15(13)16)18(23)9-14-3-2-8-24-14/h2-3,6-8,10,13,15-16H,4-5,9,11-12H2,1H3/t13-,15+,16-/m1/s1. The molecule has 3 atom stereocenters. The van der Waals surface area contributed by atoms with Crippen molar-refractivity contribution in [2.45, 2.75) is 25.3 Å². The van der Waals surface area contributed by atoms with Crippen LogP contribution in [0.1, 0.15) is 17.7 Å². The SMILES string of the molecule is CN(c1cnccn1)[C@@H]1CC[C@@H]2CN(C(=O)Cc3cccs3)C[C@@H]21. The normalized spacial score (nSPS) is 25.7. The van der Waals surface area contributed by atoms with E-state index in [-0.39, 0.29) is 5.91 Å². The molecule has 2 aromatic rings. The highest BCUT2D eigenvalue weighted by molar-refractivity contribution is 7.10. The fraction of sp³-hybridized carbons (Fsp3) is 0.500. The molecule has 0 aromatic carbocycles. The Morgan fingerprint density at radius 3 is 3.04 bits per heavy atom. The summed E-state index contributed by atoms with van der Waals surface area (Å²) in [5.74, 6) is 2.37. The lowest BCUT2D eigenvalue weighted by atomic mass is 9.97. The Bertz CT molecular complexity index is 690. The zero-order valence-electron chi connectivity index (χ0n) is 13.8. The first-order valence-corrected chi connectivity index (χ1v) is 9.39. The summed E-state index contributed by atoms with van der Waals surface area (Å²) < 4.78 is 0. The molecule has 5 nitrogen and oxygen atoms in total. The number of likely N-dealkylation sites (tertiary alicyclic amines) is 1. The average Bonchev–Trinajstić information content (AvgIpc) is 3.31. The summed E-state index contributed by atoms with van der Waals surface area (Å²) >= 11 is 1.66. The van der Waals surface area contributed by atoms with Crippen LogP contribution in [-0.4, -0.2) is 47.0 Å². The topological polar surface area (TPSA) is 49.3 Å². The molecule has 0 N–H and O–H groups in total. The first-order chi connectivity index (χ1) is 11.7. The van der Waals surface area contributed by atoms with Crippen LogP contribution in [0.3, 0.4) is 0 Å². The van der Waals surface area contributed by atoms with Crippen LogP contribution in [-0.2, 0) is 11.2 Å². The Hall–Kier alpha value is -1.95. The van der Waals surface area contributed by atoms with Gasteiger partial charge in [0, 0.05) is 49.4 Å². The first kappa shape index (κ1) is 15.6. The lowest BCUT2D eigenvalue weighted by Crippen LogP contribution is -2.39. The van der Waals surface area contributed by atoms with E-state index in [4.69, 9.17) is 0 Å². The number of hydrogen-bond acceptors (Lipinski definition) is 5. The smallest absolute Gasteiger partial charge is 0.227 e. The minimum absolute atomic E-state index is 0.271. The zero-order chi connectivity index (χ0) is 16.5. The van der Waals surface area contributed by atoms with E-state index in [9.17, 15) is 4.79 Å². The Morgan fingerprint density at radius 2 is 2.29 bits per heavy atom. The van der Waals surface area contributed by atoms with Gasteiger partial charge in [0.15, 0.2) is 0 Å². The van der Waals surface area contributed by atoms with E-state index >= 15 is 0 Å². The first-order valence-electron chi connectivity index (χ1n) is 8.51. The minimum Gasteiger partial charge on any atom is -0.355 e. The van der Waals surface area contributed by atoms with E-state index in [2.05, 4.69) is 26.8 Å². The fourth-order valence-corrected chi connectivity index (χ4v) is 4.93. The molecule has 0 unspecified atom stereocenters. The second-order valence-corrected chi connectivity index (χ2v) is 7.83. The largest absolute Gasteiger partial charge is 0.355 e. The van der Waals surface area contributed by atoms with Gasteiger partial charge in [-0.15, -0.1) is 11.3 Å². The Morgan fingerprint density at radius 1 is 1.38 bits per heavy atom. The van der Waals surface area contributed by atoms with Gasteiger partial charge in [0.2, 0.25) is 5.91 Å². The molecule has 2 aliphatic rings. The van der Waals surface area contributed by atoms with Crippen molar-refractivity contribution >= 4 is 23.1 Å². The highest BCUT2D eigenvalue weighted by Crippen LogP contribution is 2.41. The predicted octanol–water partition coefficient (Wildman–Crippen LogP) is 2.45. The molecular formula is C18H22N4OS. The number of rotatable bonds is 4. The summed E-state index contributed by atoms with van der Waals surface area (Å²) in [5, 5.41) is 2.03. The van der Waals surface area contributed by atoms with E-state index in [0.717, 1.165) is 23.8 Å². The molecule has 2 fully saturated rings. The lowest BCUT2D eigenvalue weighted by molar-refractivity contribution is -0.129. The molecule has 1 amide bonds. The van der Waals surface area contributed by atoms with E-state index in [1.165, 1.54) is 12.8 Å². The summed E-state index contributed by atoms with van der Waals surface area (Å²) in [5.41, 5.74) is 0. The van der Waals surface area contributed by atoms with Crippen molar-refractivity contribution in [1.29, 1.82) is 0 Å². The van der Waals surface area contributed by atoms with Crippen molar-refractivity contribution < 1.29 is 4.79 Å². The molecule has 24 heavy (non-hydrogen) atoms. The minimum atomic E-state index is 0.271. The number of amides is 1. The molecule has 1 saturated carbocycles. The maximum absolute atomic E-state index is 12.6. The van der Waals surface area contributed by atoms with Crippen LogP contribution in [0.2, 0.25) is 0 Å². The number of thiophene rings is 1. The van der Waals surface area contributed by atoms with Gasteiger partial charge in [-0.3, -0.25) is 9.78 Å². The molecule has 1 saturated heterocycles. The molecule has 0 spiro atoms. The van der Waals surface area contributed by atoms with Crippen molar-refractivity contribution in [3.05, 3.63) is 41.0 Å². The van der Waals surface area contributed by atoms with Crippen LogP contribution in [0.15, 0.2) is 36.1 Å². The highest BCUT2D eigenvalue weighted by atomic mass is 32.1. The van der Waals surface area contributed by atoms with Gasteiger partial charge in [-0.1, -0.05) is 6.07 Å². The fourth-order valence-electron chi connectivity index (χ4n) is 4.24. The number of nitrogens with zero attached hydrogens (tertiary/aromatic N) is 4. The number of aromatic nitrogens is 2. The van der Waals surface area contributed by atoms with Gasteiger partial charge in [-0.05, 0) is 30.2 Å². The quantitative estimate of drug-likeness (QED) is 0.856. The van der Waals surface area contributed by atoms with E-state index in [1.54, 1.807) is 23.7 Å². The maximum Gasteiger partial charge on any atom is 0.227 e. The second kappa shape index (κ2) is 6.51. The van der Waals surface area contributed by atoms with Crippen molar-refractivity contribution in [3.8, 4) is 0 Å². The van der Waals surface area contributed by atoms with Gasteiger partial charge in [0.05, 0.1) is 12.6 Å². The molecule has 1 aliphatic carbocycles. The molecule has 0 bridgehead atoms. The van der Waals surface area contributed by atoms with Crippen LogP contribution in [0.4, 0.5) is 5.82 Å². The zero-order valence-corrected chi connectivity index (χ0v) is 14.7. The molecule has 4 rings (SSSR count). The molecule has 2 aromatic heterocycles. The average molecular weight is 342 g/mol. The number of hydrogen-bond donors (Lipinski definition) is 0. The molecule has 126 valence electrons. The third kappa shape index (κ3) is 2.90. The maximum atomic E-state index is 12.6. The van der Waals surface area contributed by atoms with E-state index < -0.39 is 0 Å². The van der Waals surface area contributed by atoms with Crippen LogP contribution < -0.4 is 4.90 Å². The number of anilines is 1. The van der Waals surface area contributed by atoms with Crippen LogP contribution >= 0.6 is 11.3 Å². The summed E-state index contributed by atoms with van der Waals surface area (Å²) in [4.78, 5) is 26.7. The number of fused-ring (bicyclic) bond motifs is 1.